The molecule has 1 unspecified atom stereocenters. The van der Waals surface area contributed by atoms with E-state index in [-0.39, 0.29) is 24.0 Å². The smallest absolute Gasteiger partial charge is 0.194 e. The summed E-state index contributed by atoms with van der Waals surface area (Å²) in [5.41, 5.74) is 0.382. The van der Waals surface area contributed by atoms with Crippen molar-refractivity contribution in [2.24, 2.45) is 10.4 Å². The molecule has 1 aliphatic carbocycles. The molecule has 0 aromatic carbocycles. The van der Waals surface area contributed by atoms with Gasteiger partial charge in [0.25, 0.3) is 0 Å². The molecule has 5 nitrogen and oxygen atoms in total. The fraction of sp³-hybridized carbons (Fsp3) is 0.947. The number of hydrogen-bond acceptors (Lipinski definition) is 3. The molecule has 3 aliphatic rings. The lowest BCUT2D eigenvalue weighted by Gasteiger charge is -2.25. The van der Waals surface area contributed by atoms with E-state index >= 15 is 0 Å². The SMILES string of the molecule is CCNC(=NCCOC1CCCCCC1)N1CCC2(CCOC2)C1.I. The summed E-state index contributed by atoms with van der Waals surface area (Å²) < 4.78 is 11.7. The highest BCUT2D eigenvalue weighted by Gasteiger charge is 2.42. The lowest BCUT2D eigenvalue weighted by atomic mass is 9.87. The number of ether oxygens (including phenoxy) is 2. The van der Waals surface area contributed by atoms with Gasteiger partial charge in [0.1, 0.15) is 0 Å². The summed E-state index contributed by atoms with van der Waals surface area (Å²) in [5.74, 6) is 1.06. The van der Waals surface area contributed by atoms with E-state index in [0.29, 0.717) is 11.5 Å². The second-order valence-electron chi connectivity index (χ2n) is 7.69. The van der Waals surface area contributed by atoms with Crippen LogP contribution in [0.2, 0.25) is 0 Å². The van der Waals surface area contributed by atoms with Crippen molar-refractivity contribution in [3.05, 3.63) is 0 Å². The molecule has 146 valence electrons. The predicted molar refractivity (Wildman–Crippen MR) is 113 cm³/mol. The molecule has 0 aromatic rings. The molecule has 0 aromatic heterocycles. The van der Waals surface area contributed by atoms with E-state index in [0.717, 1.165) is 52.0 Å². The van der Waals surface area contributed by atoms with Crippen LogP contribution >= 0.6 is 24.0 Å². The van der Waals surface area contributed by atoms with Crippen LogP contribution in [0.4, 0.5) is 0 Å². The van der Waals surface area contributed by atoms with Crippen LogP contribution in [-0.4, -0.2) is 63.0 Å². The van der Waals surface area contributed by atoms with E-state index in [9.17, 15) is 0 Å². The maximum atomic E-state index is 6.07. The number of rotatable bonds is 5. The van der Waals surface area contributed by atoms with Crippen LogP contribution < -0.4 is 5.32 Å². The van der Waals surface area contributed by atoms with E-state index in [1.807, 2.05) is 0 Å². The van der Waals surface area contributed by atoms with Gasteiger partial charge in [-0.2, -0.15) is 0 Å². The third-order valence-electron chi connectivity index (χ3n) is 5.77. The fourth-order valence-corrected chi connectivity index (χ4v) is 4.29. The van der Waals surface area contributed by atoms with E-state index in [4.69, 9.17) is 14.5 Å². The van der Waals surface area contributed by atoms with Crippen LogP contribution in [-0.2, 0) is 9.47 Å². The minimum atomic E-state index is 0. The molecule has 2 saturated heterocycles. The lowest BCUT2D eigenvalue weighted by Crippen LogP contribution is -2.41. The van der Waals surface area contributed by atoms with Crippen molar-refractivity contribution in [3.8, 4) is 0 Å². The largest absolute Gasteiger partial charge is 0.381 e. The first-order valence-corrected chi connectivity index (χ1v) is 10.0. The van der Waals surface area contributed by atoms with Gasteiger partial charge < -0.3 is 19.7 Å². The van der Waals surface area contributed by atoms with Crippen LogP contribution in [0.15, 0.2) is 4.99 Å². The normalized spacial score (nSPS) is 28.2. The van der Waals surface area contributed by atoms with Crippen molar-refractivity contribution >= 4 is 29.9 Å². The number of nitrogens with zero attached hydrogens (tertiary/aromatic N) is 2. The van der Waals surface area contributed by atoms with E-state index in [2.05, 4.69) is 17.1 Å². The second-order valence-corrected chi connectivity index (χ2v) is 7.69. The third kappa shape index (κ3) is 6.24. The molecule has 3 rings (SSSR count). The Hall–Kier alpha value is -0.0800. The Morgan fingerprint density at radius 2 is 2.04 bits per heavy atom. The second kappa shape index (κ2) is 10.9. The van der Waals surface area contributed by atoms with Gasteiger partial charge in [0.2, 0.25) is 0 Å². The Bertz CT molecular complexity index is 405. The van der Waals surface area contributed by atoms with E-state index in [1.54, 1.807) is 0 Å². The van der Waals surface area contributed by atoms with Gasteiger partial charge in [-0.15, -0.1) is 24.0 Å². The van der Waals surface area contributed by atoms with Crippen LogP contribution in [0, 0.1) is 5.41 Å². The predicted octanol–water partition coefficient (Wildman–Crippen LogP) is 3.42. The molecule has 1 atom stereocenters. The molecule has 0 bridgehead atoms. The first kappa shape index (κ1) is 21.2. The first-order chi connectivity index (χ1) is 11.8. The van der Waals surface area contributed by atoms with Crippen LogP contribution in [0.3, 0.4) is 0 Å². The van der Waals surface area contributed by atoms with Crippen molar-refractivity contribution in [3.63, 3.8) is 0 Å². The third-order valence-corrected chi connectivity index (χ3v) is 5.77. The highest BCUT2D eigenvalue weighted by molar-refractivity contribution is 14.0. The summed E-state index contributed by atoms with van der Waals surface area (Å²) in [7, 11) is 0. The maximum absolute atomic E-state index is 6.07. The van der Waals surface area contributed by atoms with Gasteiger partial charge in [0.15, 0.2) is 5.96 Å². The summed E-state index contributed by atoms with van der Waals surface area (Å²) in [6, 6.07) is 0. The number of halogens is 1. The molecular formula is C19H36IN3O2. The monoisotopic (exact) mass is 465 g/mol. The highest BCUT2D eigenvalue weighted by Crippen LogP contribution is 2.38. The molecule has 6 heteroatoms. The van der Waals surface area contributed by atoms with Crippen molar-refractivity contribution < 1.29 is 9.47 Å². The zero-order valence-electron chi connectivity index (χ0n) is 15.8. The quantitative estimate of drug-likeness (QED) is 0.222. The molecule has 0 radical (unpaired) electrons. The average Bonchev–Trinajstić information content (AvgIpc) is 3.14. The summed E-state index contributed by atoms with van der Waals surface area (Å²) in [4.78, 5) is 7.24. The van der Waals surface area contributed by atoms with Gasteiger partial charge in [-0.25, -0.2) is 0 Å². The number of aliphatic imine (C=N–C) groups is 1. The van der Waals surface area contributed by atoms with Crippen molar-refractivity contribution in [2.75, 3.05) is 46.0 Å². The molecule has 2 heterocycles. The first-order valence-electron chi connectivity index (χ1n) is 10.0. The average molecular weight is 465 g/mol. The van der Waals surface area contributed by atoms with Crippen molar-refractivity contribution in [1.29, 1.82) is 0 Å². The molecule has 1 saturated carbocycles. The topological polar surface area (TPSA) is 46.1 Å². The van der Waals surface area contributed by atoms with Crippen LogP contribution in [0.5, 0.6) is 0 Å². The van der Waals surface area contributed by atoms with E-state index in [1.165, 1.54) is 51.4 Å². The molecule has 3 fully saturated rings. The summed E-state index contributed by atoms with van der Waals surface area (Å²) in [6.45, 7) is 8.61. The molecule has 0 amide bonds. The van der Waals surface area contributed by atoms with Crippen LogP contribution in [0.25, 0.3) is 0 Å². The molecule has 1 N–H and O–H groups in total. The van der Waals surface area contributed by atoms with Crippen molar-refractivity contribution in [1.82, 2.24) is 10.2 Å². The Labute approximate surface area is 170 Å². The molecular weight excluding hydrogens is 429 g/mol. The fourth-order valence-electron chi connectivity index (χ4n) is 4.29. The summed E-state index contributed by atoms with van der Waals surface area (Å²) >= 11 is 0. The Morgan fingerprint density at radius 3 is 2.72 bits per heavy atom. The van der Waals surface area contributed by atoms with Gasteiger partial charge in [-0.05, 0) is 32.6 Å². The standard InChI is InChI=1S/C19H35N3O2.HI/c1-2-20-18(22-12-9-19(15-22)10-13-23-16-19)21-11-14-24-17-7-5-3-4-6-8-17;/h17H,2-16H2,1H3,(H,20,21);1H. The minimum absolute atomic E-state index is 0. The Morgan fingerprint density at radius 1 is 1.24 bits per heavy atom. The van der Waals surface area contributed by atoms with Gasteiger partial charge in [0, 0.05) is 31.7 Å². The molecule has 2 aliphatic heterocycles. The van der Waals surface area contributed by atoms with Gasteiger partial charge in [-0.1, -0.05) is 25.7 Å². The molecule has 25 heavy (non-hydrogen) atoms. The van der Waals surface area contributed by atoms with E-state index < -0.39 is 0 Å². The number of guanidine groups is 1. The zero-order valence-corrected chi connectivity index (χ0v) is 18.1. The number of nitrogens with one attached hydrogen (secondary N) is 1. The Kier molecular flexibility index (Phi) is 9.27. The number of hydrogen-bond donors (Lipinski definition) is 1. The minimum Gasteiger partial charge on any atom is -0.381 e. The van der Waals surface area contributed by atoms with Crippen LogP contribution in [0.1, 0.15) is 58.3 Å². The Balaban J connectivity index is 0.00000225. The lowest BCUT2D eigenvalue weighted by molar-refractivity contribution is 0.0486. The maximum Gasteiger partial charge on any atom is 0.194 e. The summed E-state index contributed by atoms with van der Waals surface area (Å²) in [5, 5.41) is 3.46. The van der Waals surface area contributed by atoms with Gasteiger partial charge in [0.05, 0.1) is 25.9 Å². The van der Waals surface area contributed by atoms with Gasteiger partial charge >= 0.3 is 0 Å². The molecule has 1 spiro atoms. The number of likely N-dealkylation sites (tertiary alicyclic amines) is 1. The zero-order chi connectivity index (χ0) is 16.7. The summed E-state index contributed by atoms with van der Waals surface area (Å²) in [6.07, 6.45) is 10.8. The highest BCUT2D eigenvalue weighted by atomic mass is 127. The van der Waals surface area contributed by atoms with Crippen molar-refractivity contribution in [2.45, 2.75) is 64.4 Å². The van der Waals surface area contributed by atoms with Gasteiger partial charge in [-0.3, -0.25) is 4.99 Å².